The zero-order valence-corrected chi connectivity index (χ0v) is 20.7. The molecule has 0 bridgehead atoms. The molecule has 0 aromatic rings. The molecule has 0 aromatic heterocycles. The lowest BCUT2D eigenvalue weighted by molar-refractivity contribution is -0.923. The van der Waals surface area contributed by atoms with Crippen LogP contribution in [0.4, 0.5) is 0 Å². The Balaban J connectivity index is 3.76. The number of quaternary nitrogens is 1. The molecule has 0 aliphatic heterocycles. The third-order valence-electron chi connectivity index (χ3n) is 7.37. The van der Waals surface area contributed by atoms with Gasteiger partial charge in [0.25, 0.3) is 0 Å². The smallest absolute Gasteiger partial charge is 0.0788 e. The van der Waals surface area contributed by atoms with Gasteiger partial charge in [-0.25, -0.2) is 0 Å². The van der Waals surface area contributed by atoms with Crippen LogP contribution in [-0.2, 0) is 0 Å². The molecule has 1 heteroatoms. The molecule has 164 valence electrons. The van der Waals surface area contributed by atoms with Gasteiger partial charge in [-0.05, 0) is 50.9 Å². The van der Waals surface area contributed by atoms with Crippen molar-refractivity contribution in [3.05, 3.63) is 0 Å². The van der Waals surface area contributed by atoms with Crippen LogP contribution < -0.4 is 0 Å². The highest BCUT2D eigenvalue weighted by atomic mass is 15.3. The summed E-state index contributed by atoms with van der Waals surface area (Å²) in [4.78, 5) is 0. The zero-order chi connectivity index (χ0) is 20.7. The molecule has 0 aliphatic carbocycles. The van der Waals surface area contributed by atoms with Gasteiger partial charge in [0.1, 0.15) is 0 Å². The average molecular weight is 383 g/mol. The van der Waals surface area contributed by atoms with Crippen molar-refractivity contribution in [3.8, 4) is 0 Å². The quantitative estimate of drug-likeness (QED) is 0.209. The molecule has 0 saturated heterocycles. The maximum absolute atomic E-state index is 2.49. The predicted molar refractivity (Wildman–Crippen MR) is 125 cm³/mol. The molecule has 0 fully saturated rings. The van der Waals surface area contributed by atoms with E-state index in [4.69, 9.17) is 0 Å². The molecule has 0 rings (SSSR count). The molecule has 1 nitrogen and oxygen atoms in total. The average Bonchev–Trinajstić information content (AvgIpc) is 2.63. The molecule has 0 radical (unpaired) electrons. The number of hydrogen-bond acceptors (Lipinski definition) is 0. The molecule has 0 heterocycles. The second-order valence-corrected chi connectivity index (χ2v) is 10.3. The zero-order valence-electron chi connectivity index (χ0n) is 20.7. The molecule has 0 unspecified atom stereocenters. The molecule has 3 atom stereocenters. The normalized spacial score (nSPS) is 15.9. The van der Waals surface area contributed by atoms with Gasteiger partial charge in [0.2, 0.25) is 0 Å². The lowest BCUT2D eigenvalue weighted by atomic mass is 9.90. The summed E-state index contributed by atoms with van der Waals surface area (Å²) in [5, 5.41) is 0. The summed E-state index contributed by atoms with van der Waals surface area (Å²) in [6.07, 6.45) is 14.4. The maximum atomic E-state index is 2.49. The van der Waals surface area contributed by atoms with E-state index in [0.717, 1.165) is 23.7 Å². The molecular formula is C26H56N+. The lowest BCUT2D eigenvalue weighted by Crippen LogP contribution is -2.48. The van der Waals surface area contributed by atoms with Crippen molar-refractivity contribution in [3.63, 3.8) is 0 Å². The minimum atomic E-state index is 0.876. The molecule has 0 spiro atoms. The number of rotatable bonds is 18. The summed E-state index contributed by atoms with van der Waals surface area (Å²) in [6.45, 7) is 24.5. The fourth-order valence-corrected chi connectivity index (χ4v) is 4.58. The van der Waals surface area contributed by atoms with Gasteiger partial charge in [0.15, 0.2) is 0 Å². The molecule has 0 N–H and O–H groups in total. The van der Waals surface area contributed by atoms with E-state index in [1.54, 1.807) is 0 Å². The Morgan fingerprint density at radius 3 is 1.15 bits per heavy atom. The van der Waals surface area contributed by atoms with Crippen molar-refractivity contribution in [2.75, 3.05) is 26.2 Å². The van der Waals surface area contributed by atoms with Crippen LogP contribution in [0.5, 0.6) is 0 Å². The van der Waals surface area contributed by atoms with Gasteiger partial charge in [0.05, 0.1) is 26.2 Å². The highest BCUT2D eigenvalue weighted by Crippen LogP contribution is 2.23. The Hall–Kier alpha value is -0.0400. The second-order valence-electron chi connectivity index (χ2n) is 10.3. The molecular weight excluding hydrogens is 326 g/mol. The van der Waals surface area contributed by atoms with Crippen molar-refractivity contribution < 1.29 is 4.48 Å². The van der Waals surface area contributed by atoms with E-state index < -0.39 is 0 Å². The first kappa shape index (κ1) is 27.0. The van der Waals surface area contributed by atoms with Crippen LogP contribution in [0.15, 0.2) is 0 Å². The summed E-state index contributed by atoms with van der Waals surface area (Å²) >= 11 is 0. The van der Waals surface area contributed by atoms with Crippen molar-refractivity contribution >= 4 is 0 Å². The molecule has 0 amide bonds. The summed E-state index contributed by atoms with van der Waals surface area (Å²) < 4.78 is 1.32. The molecule has 27 heavy (non-hydrogen) atoms. The minimum absolute atomic E-state index is 0.876. The molecule has 0 saturated carbocycles. The van der Waals surface area contributed by atoms with Gasteiger partial charge in [-0.3, -0.25) is 0 Å². The first-order valence-corrected chi connectivity index (χ1v) is 12.6. The first-order chi connectivity index (χ1) is 12.8. The van der Waals surface area contributed by atoms with E-state index in [9.17, 15) is 0 Å². The van der Waals surface area contributed by atoms with Gasteiger partial charge in [0, 0.05) is 0 Å². The summed E-state index contributed by atoms with van der Waals surface area (Å²) in [5.41, 5.74) is 0. The van der Waals surface area contributed by atoms with E-state index in [0.29, 0.717) is 0 Å². The van der Waals surface area contributed by atoms with Crippen molar-refractivity contribution in [2.24, 2.45) is 23.7 Å². The van der Waals surface area contributed by atoms with E-state index in [2.05, 4.69) is 55.4 Å². The van der Waals surface area contributed by atoms with Gasteiger partial charge in [-0.1, -0.05) is 92.4 Å². The van der Waals surface area contributed by atoms with Gasteiger partial charge in [-0.15, -0.1) is 0 Å². The Kier molecular flexibility index (Phi) is 15.8. The fraction of sp³-hybridized carbons (Fsp3) is 1.00. The van der Waals surface area contributed by atoms with E-state index in [-0.39, 0.29) is 0 Å². The van der Waals surface area contributed by atoms with Crippen LogP contribution in [0, 0.1) is 23.7 Å². The molecule has 0 aromatic carbocycles. The first-order valence-electron chi connectivity index (χ1n) is 12.6. The minimum Gasteiger partial charge on any atom is -0.324 e. The number of hydrogen-bond donors (Lipinski definition) is 0. The van der Waals surface area contributed by atoms with Crippen LogP contribution in [-0.4, -0.2) is 30.7 Å². The second kappa shape index (κ2) is 15.8. The standard InChI is InChI=1S/C26H56N/c1-9-27(10-2,11-3)22-21-26(8)20-14-19-25(7)18-13-17-24(6)16-12-15-23(4)5/h23-26H,9-22H2,1-8H3/q+1/t24-,25-,26+/m1/s1. The van der Waals surface area contributed by atoms with Crippen molar-refractivity contribution in [2.45, 2.75) is 120 Å². The van der Waals surface area contributed by atoms with E-state index in [1.807, 2.05) is 0 Å². The van der Waals surface area contributed by atoms with Crippen LogP contribution in [0.1, 0.15) is 120 Å². The largest absolute Gasteiger partial charge is 0.324 e. The van der Waals surface area contributed by atoms with Crippen LogP contribution in [0.25, 0.3) is 0 Å². The SMILES string of the molecule is CC[N+](CC)(CC)CC[C@@H](C)CCC[C@H](C)CCC[C@H](C)CCCC(C)C. The summed E-state index contributed by atoms with van der Waals surface area (Å²) in [7, 11) is 0. The van der Waals surface area contributed by atoms with Gasteiger partial charge in [-0.2, -0.15) is 0 Å². The lowest BCUT2D eigenvalue weighted by Gasteiger charge is -2.36. The Bertz CT molecular complexity index is 310. The van der Waals surface area contributed by atoms with E-state index >= 15 is 0 Å². The Labute approximate surface area is 174 Å². The Morgan fingerprint density at radius 2 is 0.815 bits per heavy atom. The maximum Gasteiger partial charge on any atom is 0.0788 e. The monoisotopic (exact) mass is 382 g/mol. The van der Waals surface area contributed by atoms with Crippen molar-refractivity contribution in [1.29, 1.82) is 0 Å². The van der Waals surface area contributed by atoms with Gasteiger partial charge < -0.3 is 4.48 Å². The predicted octanol–water partition coefficient (Wildman–Crippen LogP) is 8.33. The third kappa shape index (κ3) is 13.7. The van der Waals surface area contributed by atoms with Crippen LogP contribution in [0.2, 0.25) is 0 Å². The fourth-order valence-electron chi connectivity index (χ4n) is 4.58. The van der Waals surface area contributed by atoms with E-state index in [1.165, 1.54) is 94.9 Å². The summed E-state index contributed by atoms with van der Waals surface area (Å²) in [5.74, 6) is 3.64. The van der Waals surface area contributed by atoms with Crippen LogP contribution >= 0.6 is 0 Å². The molecule has 0 aliphatic rings. The number of nitrogens with zero attached hydrogens (tertiary/aromatic N) is 1. The Morgan fingerprint density at radius 1 is 0.481 bits per heavy atom. The summed E-state index contributed by atoms with van der Waals surface area (Å²) in [6, 6.07) is 0. The topological polar surface area (TPSA) is 0 Å². The highest BCUT2D eigenvalue weighted by Gasteiger charge is 2.21. The van der Waals surface area contributed by atoms with Crippen LogP contribution in [0.3, 0.4) is 0 Å². The van der Waals surface area contributed by atoms with Crippen molar-refractivity contribution in [1.82, 2.24) is 0 Å². The highest BCUT2D eigenvalue weighted by molar-refractivity contribution is 4.61. The van der Waals surface area contributed by atoms with Gasteiger partial charge >= 0.3 is 0 Å². The third-order valence-corrected chi connectivity index (χ3v) is 7.37.